The Balaban J connectivity index is 0.00000280. The summed E-state index contributed by atoms with van der Waals surface area (Å²) in [6.45, 7) is 6.39. The summed E-state index contributed by atoms with van der Waals surface area (Å²) < 4.78 is 7.78. The average Bonchev–Trinajstić information content (AvgIpc) is 2.64. The number of ether oxygens (including phenoxy) is 1. The first-order valence-electron chi connectivity index (χ1n) is 8.93. The molecule has 0 aliphatic heterocycles. The molecule has 6 heteroatoms. The maximum atomic E-state index is 11.3. The first kappa shape index (κ1) is 21.6. The molecule has 1 heterocycles. The summed E-state index contributed by atoms with van der Waals surface area (Å²) in [4.78, 5) is 10.9. The second-order valence-electron chi connectivity index (χ2n) is 6.80. The lowest BCUT2D eigenvalue weighted by atomic mass is 10.00. The van der Waals surface area contributed by atoms with Gasteiger partial charge in [0.15, 0.2) is 24.7 Å². The van der Waals surface area contributed by atoms with E-state index in [1.165, 1.54) is 5.56 Å². The van der Waals surface area contributed by atoms with E-state index < -0.39 is 4.92 Å². The van der Waals surface area contributed by atoms with Crippen LogP contribution in [0.4, 0.5) is 5.69 Å². The Bertz CT molecular complexity index is 942. The van der Waals surface area contributed by atoms with Crippen LogP contribution >= 0.6 is 17.0 Å². The number of nitro groups is 1. The third kappa shape index (κ3) is 5.16. The fraction of sp³-hybridized carbons (Fsp3) is 0.227. The lowest BCUT2D eigenvalue weighted by Crippen LogP contribution is -2.32. The minimum Gasteiger partial charge on any atom is -0.484 e. The maximum absolute atomic E-state index is 11.3. The molecule has 0 spiro atoms. The van der Waals surface area contributed by atoms with Crippen molar-refractivity contribution in [1.29, 1.82) is 0 Å². The fourth-order valence-corrected chi connectivity index (χ4v) is 3.01. The monoisotopic (exact) mass is 443 g/mol. The number of aromatic nitrogens is 1. The van der Waals surface area contributed by atoms with Crippen LogP contribution in [0, 0.1) is 17.0 Å². The van der Waals surface area contributed by atoms with Crippen molar-refractivity contribution >= 4 is 22.7 Å². The molecule has 0 aliphatic rings. The van der Waals surface area contributed by atoms with E-state index in [9.17, 15) is 10.1 Å². The molecule has 28 heavy (non-hydrogen) atoms. The zero-order chi connectivity index (χ0) is 19.4. The van der Waals surface area contributed by atoms with Crippen LogP contribution in [0.25, 0.3) is 11.1 Å². The maximum Gasteiger partial charge on any atom is 0.311 e. The van der Waals surface area contributed by atoms with Crippen LogP contribution in [0.1, 0.15) is 25.0 Å². The van der Waals surface area contributed by atoms with Crippen LogP contribution in [0.5, 0.6) is 5.75 Å². The van der Waals surface area contributed by atoms with Crippen molar-refractivity contribution in [2.45, 2.75) is 33.4 Å². The normalized spacial score (nSPS) is 10.4. The fourth-order valence-electron chi connectivity index (χ4n) is 3.01. The molecule has 0 saturated heterocycles. The predicted molar refractivity (Wildman–Crippen MR) is 115 cm³/mol. The van der Waals surface area contributed by atoms with E-state index in [1.54, 1.807) is 12.1 Å². The Kier molecular flexibility index (Phi) is 7.29. The van der Waals surface area contributed by atoms with E-state index in [0.29, 0.717) is 5.75 Å². The van der Waals surface area contributed by atoms with Gasteiger partial charge in [0.1, 0.15) is 0 Å². The largest absolute Gasteiger partial charge is 0.484 e. The third-order valence-corrected chi connectivity index (χ3v) is 4.28. The molecule has 0 aliphatic carbocycles. The molecule has 0 bridgehead atoms. The van der Waals surface area contributed by atoms with Gasteiger partial charge < -0.3 is 4.74 Å². The Morgan fingerprint density at radius 3 is 2.29 bits per heavy atom. The van der Waals surface area contributed by atoms with Gasteiger partial charge in [-0.05, 0) is 43.5 Å². The third-order valence-electron chi connectivity index (χ3n) is 4.28. The van der Waals surface area contributed by atoms with Crippen LogP contribution in [0.15, 0.2) is 67.0 Å². The first-order valence-corrected chi connectivity index (χ1v) is 8.93. The van der Waals surface area contributed by atoms with Gasteiger partial charge in [-0.25, -0.2) is 4.57 Å². The lowest BCUT2D eigenvalue weighted by Gasteiger charge is -2.13. The van der Waals surface area contributed by atoms with Gasteiger partial charge in [-0.15, -0.1) is 17.0 Å². The van der Waals surface area contributed by atoms with Crippen LogP contribution in [0.3, 0.4) is 0 Å². The smallest absolute Gasteiger partial charge is 0.311 e. The molecule has 146 valence electrons. The van der Waals surface area contributed by atoms with Crippen molar-refractivity contribution < 1.29 is 14.2 Å². The highest BCUT2D eigenvalue weighted by atomic mass is 79.9. The number of nitro benzene ring substituents is 1. The summed E-state index contributed by atoms with van der Waals surface area (Å²) in [7, 11) is 0. The number of rotatable bonds is 6. The van der Waals surface area contributed by atoms with Crippen molar-refractivity contribution in [2.75, 3.05) is 0 Å². The van der Waals surface area contributed by atoms with Crippen molar-refractivity contribution in [3.63, 3.8) is 0 Å². The molecule has 0 amide bonds. The molecule has 0 atom stereocenters. The summed E-state index contributed by atoms with van der Waals surface area (Å²) in [5, 5.41) is 11.3. The summed E-state index contributed by atoms with van der Waals surface area (Å²) in [6, 6.07) is 17.6. The molecule has 0 fully saturated rings. The highest BCUT2D eigenvalue weighted by Crippen LogP contribution is 2.35. The Labute approximate surface area is 175 Å². The molecule has 5 nitrogen and oxygen atoms in total. The number of aryl methyl sites for hydroxylation is 1. The Morgan fingerprint density at radius 1 is 1.07 bits per heavy atom. The minimum absolute atomic E-state index is 0. The number of benzene rings is 2. The van der Waals surface area contributed by atoms with Crippen molar-refractivity contribution in [2.24, 2.45) is 0 Å². The van der Waals surface area contributed by atoms with Gasteiger partial charge >= 0.3 is 5.69 Å². The summed E-state index contributed by atoms with van der Waals surface area (Å²) in [5.74, 6) is 0.302. The molecular formula is C22H24BrN2O3+. The quantitative estimate of drug-likeness (QED) is 0.296. The number of hydrogen-bond donors (Lipinski definition) is 0. The van der Waals surface area contributed by atoms with Crippen LogP contribution in [-0.4, -0.2) is 11.0 Å². The van der Waals surface area contributed by atoms with E-state index in [1.807, 2.05) is 63.5 Å². The van der Waals surface area contributed by atoms with Crippen molar-refractivity contribution in [1.82, 2.24) is 0 Å². The molecule has 1 aromatic heterocycles. The number of nitrogens with zero attached hydrogens (tertiary/aromatic N) is 2. The van der Waals surface area contributed by atoms with Gasteiger partial charge in [0.2, 0.25) is 0 Å². The van der Waals surface area contributed by atoms with Crippen LogP contribution in [0.2, 0.25) is 0 Å². The molecule has 3 aromatic rings. The average molecular weight is 444 g/mol. The number of hydrogen-bond acceptors (Lipinski definition) is 3. The molecule has 3 rings (SSSR count). The van der Waals surface area contributed by atoms with Crippen LogP contribution in [-0.2, 0) is 6.54 Å². The summed E-state index contributed by atoms with van der Waals surface area (Å²) in [6.07, 6.45) is 3.90. The van der Waals surface area contributed by atoms with Gasteiger partial charge in [0.25, 0.3) is 0 Å². The van der Waals surface area contributed by atoms with E-state index in [4.69, 9.17) is 4.74 Å². The zero-order valence-corrected chi connectivity index (χ0v) is 17.9. The molecule has 0 unspecified atom stereocenters. The van der Waals surface area contributed by atoms with Crippen molar-refractivity contribution in [3.05, 3.63) is 88.2 Å². The summed E-state index contributed by atoms with van der Waals surface area (Å²) >= 11 is 0. The Hall–Kier alpha value is -2.73. The van der Waals surface area contributed by atoms with E-state index >= 15 is 0 Å². The van der Waals surface area contributed by atoms with Crippen LogP contribution < -0.4 is 9.30 Å². The number of pyridine rings is 1. The van der Waals surface area contributed by atoms with Gasteiger partial charge in [0.05, 0.1) is 11.0 Å². The molecular weight excluding hydrogens is 420 g/mol. The Morgan fingerprint density at radius 2 is 1.71 bits per heavy atom. The second kappa shape index (κ2) is 9.46. The first-order chi connectivity index (χ1) is 12.9. The van der Waals surface area contributed by atoms with E-state index in [-0.39, 0.29) is 28.8 Å². The van der Waals surface area contributed by atoms with E-state index in [0.717, 1.165) is 23.2 Å². The minimum atomic E-state index is -0.396. The SMILES string of the molecule is Br.Cc1cc([N+](=O)[O-])c(OC(C)C)cc1-c1cc[n+](Cc2ccccc2)cc1. The predicted octanol–water partition coefficient (Wildman–Crippen LogP) is 5.27. The molecule has 0 N–H and O–H groups in total. The van der Waals surface area contributed by atoms with Gasteiger partial charge in [0, 0.05) is 23.8 Å². The second-order valence-corrected chi connectivity index (χ2v) is 6.80. The van der Waals surface area contributed by atoms with E-state index in [2.05, 4.69) is 16.7 Å². The topological polar surface area (TPSA) is 56.3 Å². The standard InChI is InChI=1S/C22H23N2O3.BrH/c1-16(2)27-22-14-20(17(3)13-21(22)24(25)26)19-9-11-23(12-10-19)15-18-7-5-4-6-8-18;/h4-14,16H,15H2,1-3H3;1H/q+1;. The van der Waals surface area contributed by atoms with Gasteiger partial charge in [-0.3, -0.25) is 10.1 Å². The highest BCUT2D eigenvalue weighted by molar-refractivity contribution is 8.93. The lowest BCUT2D eigenvalue weighted by molar-refractivity contribution is -0.688. The van der Waals surface area contributed by atoms with Gasteiger partial charge in [-0.2, -0.15) is 0 Å². The molecule has 2 aromatic carbocycles. The molecule has 0 radical (unpaired) electrons. The summed E-state index contributed by atoms with van der Waals surface area (Å²) in [5.41, 5.74) is 4.01. The number of halogens is 1. The zero-order valence-electron chi connectivity index (χ0n) is 16.2. The van der Waals surface area contributed by atoms with Crippen molar-refractivity contribution in [3.8, 4) is 16.9 Å². The molecule has 0 saturated carbocycles. The highest BCUT2D eigenvalue weighted by Gasteiger charge is 2.20. The van der Waals surface area contributed by atoms with Gasteiger partial charge in [-0.1, -0.05) is 30.3 Å².